The fourth-order valence-electron chi connectivity index (χ4n) is 3.58. The third kappa shape index (κ3) is 3.08. The average molecular weight is 386 g/mol. The second kappa shape index (κ2) is 6.99. The Balaban J connectivity index is 1.51. The van der Waals surface area contributed by atoms with Crippen molar-refractivity contribution in [3.05, 3.63) is 59.9 Å². The Bertz CT molecular complexity index is 953. The van der Waals surface area contributed by atoms with Crippen LogP contribution in [0.2, 0.25) is 0 Å². The van der Waals surface area contributed by atoms with E-state index in [1.807, 2.05) is 0 Å². The van der Waals surface area contributed by atoms with E-state index in [1.165, 1.54) is 11.1 Å². The number of hydrogen-bond acceptors (Lipinski definition) is 4. The zero-order valence-corrected chi connectivity index (χ0v) is 14.6. The van der Waals surface area contributed by atoms with Crippen molar-refractivity contribution in [2.45, 2.75) is 24.9 Å². The molecule has 2 aromatic rings. The Morgan fingerprint density at radius 2 is 2.04 bits per heavy atom. The molecule has 2 aliphatic heterocycles. The summed E-state index contributed by atoms with van der Waals surface area (Å²) in [5, 5.41) is 2.85. The molecule has 2 fully saturated rings. The molecular formula is C19H16F2N4O3. The molecule has 2 saturated heterocycles. The molecule has 0 unspecified atom stereocenters. The highest BCUT2D eigenvalue weighted by molar-refractivity contribution is 6.21. The van der Waals surface area contributed by atoms with Gasteiger partial charge < -0.3 is 10.2 Å². The number of fused-ring (bicyclic) bond motifs is 1. The van der Waals surface area contributed by atoms with Gasteiger partial charge in [0, 0.05) is 31.0 Å². The molecule has 9 heteroatoms. The Morgan fingerprint density at radius 1 is 1.21 bits per heavy atom. The Kier molecular flexibility index (Phi) is 4.50. The molecule has 0 bridgehead atoms. The van der Waals surface area contributed by atoms with Crippen LogP contribution < -0.4 is 10.2 Å². The van der Waals surface area contributed by atoms with Gasteiger partial charge in [0.05, 0.1) is 11.3 Å². The number of carbonyl (C=O) groups excluding carboxylic acids is 3. The van der Waals surface area contributed by atoms with Crippen LogP contribution in [0.15, 0.2) is 42.7 Å². The van der Waals surface area contributed by atoms with Crippen LogP contribution in [-0.2, 0) is 4.79 Å². The van der Waals surface area contributed by atoms with Gasteiger partial charge in [0.2, 0.25) is 0 Å². The number of amides is 4. The molecule has 1 aromatic carbocycles. The number of imide groups is 1. The van der Waals surface area contributed by atoms with Crippen molar-refractivity contribution in [2.75, 3.05) is 11.4 Å². The molecule has 28 heavy (non-hydrogen) atoms. The van der Waals surface area contributed by atoms with Gasteiger partial charge in [-0.25, -0.2) is 18.5 Å². The summed E-state index contributed by atoms with van der Waals surface area (Å²) in [6.45, 7) is 0.243. The van der Waals surface area contributed by atoms with Gasteiger partial charge in [-0.2, -0.15) is 0 Å². The van der Waals surface area contributed by atoms with Crippen molar-refractivity contribution >= 4 is 23.5 Å². The average Bonchev–Trinajstić information content (AvgIpc) is 2.93. The zero-order chi connectivity index (χ0) is 19.8. The second-order valence-electron chi connectivity index (χ2n) is 6.70. The number of benzene rings is 1. The van der Waals surface area contributed by atoms with E-state index < -0.39 is 29.6 Å². The molecule has 144 valence electrons. The van der Waals surface area contributed by atoms with Gasteiger partial charge in [0.1, 0.15) is 17.7 Å². The fourth-order valence-corrected chi connectivity index (χ4v) is 3.58. The lowest BCUT2D eigenvalue weighted by Crippen LogP contribution is -2.49. The summed E-state index contributed by atoms with van der Waals surface area (Å²) in [5.41, 5.74) is 0.121. The first kappa shape index (κ1) is 18.0. The van der Waals surface area contributed by atoms with E-state index in [-0.39, 0.29) is 30.6 Å². The number of hydrogen-bond donors (Lipinski definition) is 1. The van der Waals surface area contributed by atoms with Gasteiger partial charge in [-0.15, -0.1) is 0 Å². The first-order valence-corrected chi connectivity index (χ1v) is 8.76. The Hall–Kier alpha value is -3.36. The van der Waals surface area contributed by atoms with Crippen LogP contribution in [-0.4, -0.2) is 46.4 Å². The minimum absolute atomic E-state index is 0.218. The topological polar surface area (TPSA) is 82.6 Å². The number of pyridine rings is 1. The number of nitrogens with one attached hydrogen (secondary N) is 1. The highest BCUT2D eigenvalue weighted by Gasteiger charge is 2.49. The van der Waals surface area contributed by atoms with Crippen molar-refractivity contribution in [3.8, 4) is 0 Å². The number of carbonyl (C=O) groups is 3. The molecule has 0 saturated carbocycles. The molecular weight excluding hydrogens is 370 g/mol. The summed E-state index contributed by atoms with van der Waals surface area (Å²) in [6, 6.07) is 4.20. The van der Waals surface area contributed by atoms with Gasteiger partial charge in [0.15, 0.2) is 0 Å². The van der Waals surface area contributed by atoms with E-state index in [9.17, 15) is 23.2 Å². The quantitative estimate of drug-likeness (QED) is 0.819. The van der Waals surface area contributed by atoms with Crippen LogP contribution in [0.1, 0.15) is 23.2 Å². The third-order valence-corrected chi connectivity index (χ3v) is 4.95. The van der Waals surface area contributed by atoms with Crippen molar-refractivity contribution in [3.63, 3.8) is 0 Å². The maximum absolute atomic E-state index is 14.1. The minimum Gasteiger partial charge on any atom is -0.349 e. The molecule has 0 aliphatic carbocycles. The van der Waals surface area contributed by atoms with E-state index in [0.29, 0.717) is 18.1 Å². The summed E-state index contributed by atoms with van der Waals surface area (Å²) >= 11 is 0. The predicted molar refractivity (Wildman–Crippen MR) is 94.5 cm³/mol. The van der Waals surface area contributed by atoms with Crippen molar-refractivity contribution in [2.24, 2.45) is 0 Å². The number of rotatable bonds is 3. The fraction of sp³-hybridized carbons (Fsp3) is 0.263. The van der Waals surface area contributed by atoms with Crippen LogP contribution in [0.4, 0.5) is 19.3 Å². The predicted octanol–water partition coefficient (Wildman–Crippen LogP) is 2.09. The number of aromatic nitrogens is 1. The highest BCUT2D eigenvalue weighted by Crippen LogP contribution is 2.32. The molecule has 2 atom stereocenters. The van der Waals surface area contributed by atoms with Gasteiger partial charge in [-0.05, 0) is 37.1 Å². The van der Waals surface area contributed by atoms with Gasteiger partial charge in [-0.3, -0.25) is 14.6 Å². The maximum Gasteiger partial charge on any atom is 0.332 e. The van der Waals surface area contributed by atoms with Crippen molar-refractivity contribution in [1.82, 2.24) is 15.2 Å². The molecule has 0 spiro atoms. The third-order valence-electron chi connectivity index (χ3n) is 4.95. The largest absolute Gasteiger partial charge is 0.349 e. The summed E-state index contributed by atoms with van der Waals surface area (Å²) in [5.74, 6) is -2.68. The number of anilines is 1. The van der Waals surface area contributed by atoms with Gasteiger partial charge >= 0.3 is 6.03 Å². The first-order chi connectivity index (χ1) is 13.5. The molecule has 7 nitrogen and oxygen atoms in total. The van der Waals surface area contributed by atoms with E-state index in [2.05, 4.69) is 10.3 Å². The lowest BCUT2D eigenvalue weighted by Gasteiger charge is -2.32. The SMILES string of the molecule is O=C(N[C@H]1CCN2C(=O)N(c3ccc(F)cc3F)C(=O)[C@@H]2C1)c1cccnc1. The summed E-state index contributed by atoms with van der Waals surface area (Å²) in [6.07, 6.45) is 3.67. The highest BCUT2D eigenvalue weighted by atomic mass is 19.1. The Morgan fingerprint density at radius 3 is 2.75 bits per heavy atom. The zero-order valence-electron chi connectivity index (χ0n) is 14.6. The number of urea groups is 1. The summed E-state index contributed by atoms with van der Waals surface area (Å²) < 4.78 is 27.2. The van der Waals surface area contributed by atoms with Gasteiger partial charge in [-0.1, -0.05) is 0 Å². The smallest absolute Gasteiger partial charge is 0.332 e. The Labute approximate surface area is 159 Å². The van der Waals surface area contributed by atoms with E-state index in [0.717, 1.165) is 17.0 Å². The monoisotopic (exact) mass is 386 g/mol. The number of halogens is 2. The molecule has 0 radical (unpaired) electrons. The molecule has 1 aromatic heterocycles. The van der Waals surface area contributed by atoms with E-state index in [1.54, 1.807) is 18.3 Å². The molecule has 3 heterocycles. The molecule has 2 aliphatic rings. The normalized spacial score (nSPS) is 21.6. The summed E-state index contributed by atoms with van der Waals surface area (Å²) in [4.78, 5) is 43.7. The maximum atomic E-state index is 14.1. The molecule has 1 N–H and O–H groups in total. The van der Waals surface area contributed by atoms with Crippen LogP contribution in [0.3, 0.4) is 0 Å². The standard InChI is InChI=1S/C19H16F2N4O3/c20-12-3-4-15(14(21)8-12)25-18(27)16-9-13(5-7-24(16)19(25)28)23-17(26)11-2-1-6-22-10-11/h1-4,6,8,10,13,16H,5,7,9H2,(H,23,26)/t13-,16-/m0/s1. The van der Waals surface area contributed by atoms with Gasteiger partial charge in [0.25, 0.3) is 11.8 Å². The minimum atomic E-state index is -0.983. The molecule has 4 amide bonds. The van der Waals surface area contributed by atoms with Crippen LogP contribution in [0.5, 0.6) is 0 Å². The number of nitrogens with zero attached hydrogens (tertiary/aromatic N) is 3. The second-order valence-corrected chi connectivity index (χ2v) is 6.70. The van der Waals surface area contributed by atoms with Crippen LogP contribution >= 0.6 is 0 Å². The van der Waals surface area contributed by atoms with Crippen LogP contribution in [0, 0.1) is 11.6 Å². The van der Waals surface area contributed by atoms with Crippen molar-refractivity contribution < 1.29 is 23.2 Å². The lowest BCUT2D eigenvalue weighted by atomic mass is 9.97. The van der Waals surface area contributed by atoms with Crippen LogP contribution in [0.25, 0.3) is 0 Å². The van der Waals surface area contributed by atoms with Crippen molar-refractivity contribution in [1.29, 1.82) is 0 Å². The van der Waals surface area contributed by atoms with E-state index in [4.69, 9.17) is 0 Å². The first-order valence-electron chi connectivity index (χ1n) is 8.76. The molecule has 4 rings (SSSR count). The van der Waals surface area contributed by atoms with E-state index >= 15 is 0 Å². The summed E-state index contributed by atoms with van der Waals surface area (Å²) in [7, 11) is 0. The number of piperidine rings is 1. The lowest BCUT2D eigenvalue weighted by molar-refractivity contribution is -0.120.